The van der Waals surface area contributed by atoms with E-state index in [-0.39, 0.29) is 11.3 Å². The molecule has 0 fully saturated rings. The first kappa shape index (κ1) is 18.6. The Kier molecular flexibility index (Phi) is 5.71. The summed E-state index contributed by atoms with van der Waals surface area (Å²) in [4.78, 5) is 17.0. The molecule has 1 heterocycles. The number of aliphatic hydroxyl groups excluding tert-OH is 1. The number of para-hydroxylation sites is 1. The molecule has 0 aromatic heterocycles. The van der Waals surface area contributed by atoms with Gasteiger partial charge in [-0.3, -0.25) is 0 Å². The molecule has 26 heavy (non-hydrogen) atoms. The number of thioether (sulfide) groups is 1. The Bertz CT molecular complexity index is 953. The summed E-state index contributed by atoms with van der Waals surface area (Å²) in [6, 6.07) is 14.3. The quantitative estimate of drug-likeness (QED) is 0.655. The molecule has 2 aromatic carbocycles. The molecule has 0 saturated heterocycles. The number of methoxy groups -OCH3 is 1. The van der Waals surface area contributed by atoms with Crippen LogP contribution in [0.3, 0.4) is 0 Å². The molecule has 0 unspecified atom stereocenters. The van der Waals surface area contributed by atoms with E-state index in [1.807, 2.05) is 18.2 Å². The fourth-order valence-corrected chi connectivity index (χ4v) is 3.61. The first-order chi connectivity index (χ1) is 12.5. The number of aliphatic imine (C=N–C) groups is 1. The number of rotatable bonds is 3. The molecule has 1 aliphatic rings. The summed E-state index contributed by atoms with van der Waals surface area (Å²) >= 11 is 13.1. The van der Waals surface area contributed by atoms with Crippen molar-refractivity contribution in [3.8, 4) is 0 Å². The summed E-state index contributed by atoms with van der Waals surface area (Å²) in [5.41, 5.74) is 1.44. The van der Waals surface area contributed by atoms with E-state index in [1.165, 1.54) is 18.9 Å². The van der Waals surface area contributed by atoms with E-state index in [2.05, 4.69) is 4.99 Å². The van der Waals surface area contributed by atoms with E-state index < -0.39 is 5.97 Å². The molecule has 0 aliphatic carbocycles. The van der Waals surface area contributed by atoms with Gasteiger partial charge in [0, 0.05) is 0 Å². The fourth-order valence-electron chi connectivity index (χ4n) is 2.26. The molecule has 0 bridgehead atoms. The second-order valence-electron chi connectivity index (χ2n) is 5.25. The predicted molar refractivity (Wildman–Crippen MR) is 107 cm³/mol. The van der Waals surface area contributed by atoms with E-state index in [9.17, 15) is 9.90 Å². The van der Waals surface area contributed by atoms with Gasteiger partial charge < -0.3 is 9.84 Å². The number of nitrogens with zero attached hydrogens (tertiary/aromatic N) is 1. The zero-order valence-corrected chi connectivity index (χ0v) is 15.9. The summed E-state index contributed by atoms with van der Waals surface area (Å²) in [5.74, 6) is -0.829. The number of carbonyl (C=O) groups excluding carboxylic acids is 1. The van der Waals surface area contributed by atoms with Gasteiger partial charge in [0.05, 0.1) is 27.7 Å². The van der Waals surface area contributed by atoms with Crippen molar-refractivity contribution in [1.82, 2.24) is 0 Å². The number of aliphatic hydroxyl groups is 1. The Labute approximate surface area is 164 Å². The van der Waals surface area contributed by atoms with Crippen molar-refractivity contribution < 1.29 is 14.6 Å². The molecule has 7 heteroatoms. The third kappa shape index (κ3) is 3.96. The van der Waals surface area contributed by atoms with Gasteiger partial charge in [0.15, 0.2) is 0 Å². The van der Waals surface area contributed by atoms with E-state index in [0.29, 0.717) is 25.7 Å². The van der Waals surface area contributed by atoms with Crippen LogP contribution in [0.1, 0.15) is 5.56 Å². The molecule has 3 rings (SSSR count). The van der Waals surface area contributed by atoms with Crippen LogP contribution in [0.15, 0.2) is 69.8 Å². The standard InChI is InChI=1S/C19H13Cl2NO3S/c1-25-19(24)16-17(23)15(10-11-7-8-13(20)14(21)9-11)26-18(16)22-12-5-3-2-4-6-12/h2-10,23H,1H3/b15-10-,22-18?. The van der Waals surface area contributed by atoms with E-state index in [4.69, 9.17) is 27.9 Å². The average Bonchev–Trinajstić information content (AvgIpc) is 2.93. The topological polar surface area (TPSA) is 58.9 Å². The normalized spacial score (nSPS) is 17.2. The van der Waals surface area contributed by atoms with Crippen LogP contribution in [-0.4, -0.2) is 23.2 Å². The maximum absolute atomic E-state index is 12.1. The highest BCUT2D eigenvalue weighted by Crippen LogP contribution is 2.40. The second-order valence-corrected chi connectivity index (χ2v) is 7.10. The highest BCUT2D eigenvalue weighted by atomic mass is 35.5. The van der Waals surface area contributed by atoms with Crippen molar-refractivity contribution in [3.63, 3.8) is 0 Å². The highest BCUT2D eigenvalue weighted by molar-refractivity contribution is 8.18. The maximum atomic E-state index is 12.1. The third-order valence-electron chi connectivity index (χ3n) is 3.51. The largest absolute Gasteiger partial charge is 0.506 e. The number of benzene rings is 2. The Balaban J connectivity index is 2.04. The minimum atomic E-state index is -0.651. The van der Waals surface area contributed by atoms with Gasteiger partial charge in [-0.05, 0) is 35.9 Å². The number of halogens is 2. The van der Waals surface area contributed by atoms with Crippen LogP contribution in [0.4, 0.5) is 5.69 Å². The van der Waals surface area contributed by atoms with Gasteiger partial charge in [-0.2, -0.15) is 0 Å². The van der Waals surface area contributed by atoms with Crippen LogP contribution >= 0.6 is 35.0 Å². The maximum Gasteiger partial charge on any atom is 0.344 e. The molecule has 0 amide bonds. The molecular weight excluding hydrogens is 393 g/mol. The Morgan fingerprint density at radius 3 is 2.54 bits per heavy atom. The van der Waals surface area contributed by atoms with Crippen molar-refractivity contribution in [1.29, 1.82) is 0 Å². The molecule has 1 aliphatic heterocycles. The number of hydrogen-bond donors (Lipinski definition) is 1. The molecule has 0 saturated carbocycles. The van der Waals surface area contributed by atoms with Crippen molar-refractivity contribution in [2.24, 2.45) is 4.99 Å². The van der Waals surface area contributed by atoms with E-state index in [0.717, 1.165) is 5.56 Å². The SMILES string of the molecule is COC(=O)C1=C(O)/C(=C/c2ccc(Cl)c(Cl)c2)SC1=Nc1ccccc1. The number of hydrogen-bond acceptors (Lipinski definition) is 5. The van der Waals surface area contributed by atoms with Crippen LogP contribution in [0.25, 0.3) is 6.08 Å². The minimum Gasteiger partial charge on any atom is -0.506 e. The van der Waals surface area contributed by atoms with E-state index in [1.54, 1.807) is 36.4 Å². The number of ether oxygens (including phenoxy) is 1. The molecule has 0 spiro atoms. The first-order valence-corrected chi connectivity index (χ1v) is 9.07. The summed E-state index contributed by atoms with van der Waals surface area (Å²) in [5, 5.41) is 11.7. The molecule has 0 atom stereocenters. The smallest absolute Gasteiger partial charge is 0.344 e. The van der Waals surface area contributed by atoms with Crippen LogP contribution in [0.5, 0.6) is 0 Å². The van der Waals surface area contributed by atoms with Gasteiger partial charge in [-0.25, -0.2) is 9.79 Å². The van der Waals surface area contributed by atoms with Gasteiger partial charge >= 0.3 is 5.97 Å². The van der Waals surface area contributed by atoms with Gasteiger partial charge in [-0.15, -0.1) is 0 Å². The molecule has 132 valence electrons. The van der Waals surface area contributed by atoms with Gasteiger partial charge in [0.25, 0.3) is 0 Å². The lowest BCUT2D eigenvalue weighted by molar-refractivity contribution is -0.135. The summed E-state index contributed by atoms with van der Waals surface area (Å²) in [6.45, 7) is 0. The van der Waals surface area contributed by atoms with Crippen LogP contribution < -0.4 is 0 Å². The first-order valence-electron chi connectivity index (χ1n) is 7.50. The van der Waals surface area contributed by atoms with Gasteiger partial charge in [0.1, 0.15) is 16.4 Å². The molecular formula is C19H13Cl2NO3S. The number of carbonyl (C=O) groups is 1. The molecule has 0 radical (unpaired) electrons. The molecule has 1 N–H and O–H groups in total. The monoisotopic (exact) mass is 405 g/mol. The third-order valence-corrected chi connectivity index (χ3v) is 5.27. The predicted octanol–water partition coefficient (Wildman–Crippen LogP) is 5.80. The van der Waals surface area contributed by atoms with Gasteiger partial charge in [0.2, 0.25) is 0 Å². The number of esters is 1. The average molecular weight is 406 g/mol. The van der Waals surface area contributed by atoms with Crippen molar-refractivity contribution in [2.75, 3.05) is 7.11 Å². The van der Waals surface area contributed by atoms with Gasteiger partial charge in [-0.1, -0.05) is 59.2 Å². The lowest BCUT2D eigenvalue weighted by Crippen LogP contribution is -2.10. The summed E-state index contributed by atoms with van der Waals surface area (Å²) < 4.78 is 4.79. The van der Waals surface area contributed by atoms with Crippen LogP contribution in [-0.2, 0) is 9.53 Å². The summed E-state index contributed by atoms with van der Waals surface area (Å²) in [6.07, 6.45) is 1.71. The Morgan fingerprint density at radius 2 is 1.88 bits per heavy atom. The zero-order chi connectivity index (χ0) is 18.7. The Hall–Kier alpha value is -2.21. The van der Waals surface area contributed by atoms with Crippen LogP contribution in [0.2, 0.25) is 10.0 Å². The highest BCUT2D eigenvalue weighted by Gasteiger charge is 2.32. The Morgan fingerprint density at radius 1 is 1.15 bits per heavy atom. The second kappa shape index (κ2) is 7.99. The van der Waals surface area contributed by atoms with Crippen molar-refractivity contribution >= 4 is 57.7 Å². The lowest BCUT2D eigenvalue weighted by atomic mass is 10.1. The summed E-state index contributed by atoms with van der Waals surface area (Å²) in [7, 11) is 1.26. The minimum absolute atomic E-state index is 0.0349. The van der Waals surface area contributed by atoms with Crippen LogP contribution in [0, 0.1) is 0 Å². The fraction of sp³-hybridized carbons (Fsp3) is 0.0526. The van der Waals surface area contributed by atoms with E-state index >= 15 is 0 Å². The molecule has 4 nitrogen and oxygen atoms in total. The van der Waals surface area contributed by atoms with Crippen molar-refractivity contribution in [2.45, 2.75) is 0 Å². The zero-order valence-electron chi connectivity index (χ0n) is 13.6. The van der Waals surface area contributed by atoms with Crippen molar-refractivity contribution in [3.05, 3.63) is 80.4 Å². The molecule has 2 aromatic rings. The lowest BCUT2D eigenvalue weighted by Gasteiger charge is -2.01.